The van der Waals surface area contributed by atoms with Gasteiger partial charge in [0.2, 0.25) is 5.13 Å². The second-order valence-electron chi connectivity index (χ2n) is 4.24. The minimum Gasteiger partial charge on any atom is -0.374 e. The molecule has 0 saturated carbocycles. The Morgan fingerprint density at radius 2 is 1.82 bits per heavy atom. The van der Waals surface area contributed by atoms with Crippen LogP contribution in [-0.2, 0) is 6.54 Å². The minimum atomic E-state index is 0.522. The molecule has 2 aromatic rings. The third-order valence-corrected chi connectivity index (χ3v) is 3.24. The second kappa shape index (κ2) is 4.71. The first-order valence-electron chi connectivity index (χ1n) is 5.42. The fourth-order valence-electron chi connectivity index (χ4n) is 1.80. The van der Waals surface area contributed by atoms with Crippen LogP contribution in [-0.4, -0.2) is 17.2 Å². The Kier molecular flexibility index (Phi) is 3.28. The van der Waals surface area contributed by atoms with Crippen molar-refractivity contribution in [3.05, 3.63) is 34.3 Å². The van der Waals surface area contributed by atoms with Gasteiger partial charge >= 0.3 is 0 Å². The van der Waals surface area contributed by atoms with Gasteiger partial charge in [-0.3, -0.25) is 0 Å². The number of aromatic nitrogens is 2. The number of benzene rings is 1. The molecule has 0 spiro atoms. The van der Waals surface area contributed by atoms with Gasteiger partial charge in [0.05, 0.1) is 6.54 Å². The molecule has 1 aromatic heterocycles. The molecule has 0 unspecified atom stereocenters. The van der Waals surface area contributed by atoms with Crippen molar-refractivity contribution in [2.45, 2.75) is 20.4 Å². The maximum absolute atomic E-state index is 5.57. The van der Waals surface area contributed by atoms with Crippen LogP contribution in [0.15, 0.2) is 18.2 Å². The fraction of sp³-hybridized carbons (Fsp3) is 0.333. The van der Waals surface area contributed by atoms with Gasteiger partial charge < -0.3 is 10.6 Å². The molecule has 90 valence electrons. The molecule has 1 aromatic carbocycles. The molecule has 2 N–H and O–H groups in total. The maximum atomic E-state index is 5.57. The molecule has 0 aliphatic rings. The lowest BCUT2D eigenvalue weighted by Crippen LogP contribution is -2.16. The summed E-state index contributed by atoms with van der Waals surface area (Å²) in [5.74, 6) is 0. The van der Waals surface area contributed by atoms with Crippen molar-refractivity contribution in [2.24, 2.45) is 0 Å². The Bertz CT molecular complexity index is 501. The van der Waals surface area contributed by atoms with Crippen LogP contribution in [0.25, 0.3) is 0 Å². The molecule has 0 saturated heterocycles. The normalized spacial score (nSPS) is 10.5. The van der Waals surface area contributed by atoms with Gasteiger partial charge in [0, 0.05) is 12.7 Å². The molecule has 2 rings (SSSR count). The summed E-state index contributed by atoms with van der Waals surface area (Å²) in [5, 5.41) is 9.30. The van der Waals surface area contributed by atoms with Crippen LogP contribution in [0.5, 0.6) is 0 Å². The van der Waals surface area contributed by atoms with Gasteiger partial charge in [-0.25, -0.2) is 0 Å². The van der Waals surface area contributed by atoms with Crippen LogP contribution < -0.4 is 10.6 Å². The second-order valence-corrected chi connectivity index (χ2v) is 5.33. The zero-order chi connectivity index (χ0) is 12.4. The summed E-state index contributed by atoms with van der Waals surface area (Å²) in [4.78, 5) is 2.15. The van der Waals surface area contributed by atoms with Crippen LogP contribution in [0.1, 0.15) is 16.1 Å². The fourth-order valence-corrected chi connectivity index (χ4v) is 2.46. The summed E-state index contributed by atoms with van der Waals surface area (Å²) in [6.45, 7) is 4.94. The van der Waals surface area contributed by atoms with Crippen LogP contribution in [0, 0.1) is 13.8 Å². The van der Waals surface area contributed by atoms with Crippen LogP contribution >= 0.6 is 11.3 Å². The molecular weight excluding hydrogens is 232 g/mol. The quantitative estimate of drug-likeness (QED) is 0.906. The number of aryl methyl sites for hydroxylation is 2. The molecule has 0 radical (unpaired) electrons. The van der Waals surface area contributed by atoms with E-state index in [-0.39, 0.29) is 0 Å². The highest BCUT2D eigenvalue weighted by Gasteiger charge is 2.07. The van der Waals surface area contributed by atoms with Gasteiger partial charge in [0.1, 0.15) is 5.01 Å². The molecule has 0 atom stereocenters. The van der Waals surface area contributed by atoms with E-state index < -0.39 is 0 Å². The predicted octanol–water partition coefficient (Wildman–Crippen LogP) is 2.37. The molecule has 4 nitrogen and oxygen atoms in total. The standard InChI is InChI=1S/C12H16N4S/c1-8-4-9(2)6-10(5-8)16(3)7-11-14-15-12(13)17-11/h4-6H,7H2,1-3H3,(H2,13,15). The van der Waals surface area contributed by atoms with E-state index in [4.69, 9.17) is 5.73 Å². The van der Waals surface area contributed by atoms with Crippen molar-refractivity contribution >= 4 is 22.2 Å². The van der Waals surface area contributed by atoms with Crippen molar-refractivity contribution < 1.29 is 0 Å². The van der Waals surface area contributed by atoms with Crippen molar-refractivity contribution in [1.29, 1.82) is 0 Å². The highest BCUT2D eigenvalue weighted by Crippen LogP contribution is 2.21. The van der Waals surface area contributed by atoms with E-state index in [0.29, 0.717) is 5.13 Å². The Morgan fingerprint density at radius 3 is 2.35 bits per heavy atom. The number of hydrogen-bond donors (Lipinski definition) is 1. The lowest BCUT2D eigenvalue weighted by molar-refractivity contribution is 0.880. The number of nitrogens with zero attached hydrogens (tertiary/aromatic N) is 3. The third-order valence-electron chi connectivity index (χ3n) is 2.50. The smallest absolute Gasteiger partial charge is 0.203 e. The average molecular weight is 248 g/mol. The Balaban J connectivity index is 2.16. The zero-order valence-corrected chi connectivity index (χ0v) is 11.1. The van der Waals surface area contributed by atoms with Gasteiger partial charge in [0.15, 0.2) is 0 Å². The minimum absolute atomic E-state index is 0.522. The molecule has 1 heterocycles. The van der Waals surface area contributed by atoms with Crippen molar-refractivity contribution in [2.75, 3.05) is 17.7 Å². The van der Waals surface area contributed by atoms with Gasteiger partial charge in [-0.05, 0) is 37.1 Å². The molecule has 5 heteroatoms. The summed E-state index contributed by atoms with van der Waals surface area (Å²) in [5.41, 5.74) is 9.29. The van der Waals surface area contributed by atoms with Gasteiger partial charge in [0.25, 0.3) is 0 Å². The van der Waals surface area contributed by atoms with Gasteiger partial charge in [-0.2, -0.15) is 0 Å². The Hall–Kier alpha value is -1.62. The van der Waals surface area contributed by atoms with E-state index in [1.165, 1.54) is 28.2 Å². The largest absolute Gasteiger partial charge is 0.374 e. The predicted molar refractivity (Wildman–Crippen MR) is 72.3 cm³/mol. The van der Waals surface area contributed by atoms with Crippen molar-refractivity contribution in [3.63, 3.8) is 0 Å². The average Bonchev–Trinajstić information content (AvgIpc) is 2.62. The summed E-state index contributed by atoms with van der Waals surface area (Å²) >= 11 is 1.43. The van der Waals surface area contributed by atoms with Crippen LogP contribution in [0.4, 0.5) is 10.8 Å². The third kappa shape index (κ3) is 2.94. The summed E-state index contributed by atoms with van der Waals surface area (Å²) in [6.07, 6.45) is 0. The number of hydrogen-bond acceptors (Lipinski definition) is 5. The van der Waals surface area contributed by atoms with Crippen LogP contribution in [0.3, 0.4) is 0 Å². The van der Waals surface area contributed by atoms with Gasteiger partial charge in [-0.1, -0.05) is 17.4 Å². The molecule has 0 bridgehead atoms. The van der Waals surface area contributed by atoms with E-state index in [1.54, 1.807) is 0 Å². The number of nitrogens with two attached hydrogens (primary N) is 1. The Labute approximate surface area is 105 Å². The molecular formula is C12H16N4S. The number of anilines is 2. The molecule has 0 amide bonds. The van der Waals surface area contributed by atoms with E-state index >= 15 is 0 Å². The summed E-state index contributed by atoms with van der Waals surface area (Å²) in [7, 11) is 2.05. The van der Waals surface area contributed by atoms with E-state index in [2.05, 4.69) is 47.1 Å². The topological polar surface area (TPSA) is 55.0 Å². The summed E-state index contributed by atoms with van der Waals surface area (Å²) in [6, 6.07) is 6.50. The maximum Gasteiger partial charge on any atom is 0.203 e. The molecule has 0 aliphatic carbocycles. The first-order chi connectivity index (χ1) is 8.04. The summed E-state index contributed by atoms with van der Waals surface area (Å²) < 4.78 is 0. The number of rotatable bonds is 3. The zero-order valence-electron chi connectivity index (χ0n) is 10.3. The highest BCUT2D eigenvalue weighted by molar-refractivity contribution is 7.15. The lowest BCUT2D eigenvalue weighted by Gasteiger charge is -2.18. The first kappa shape index (κ1) is 11.9. The highest BCUT2D eigenvalue weighted by atomic mass is 32.1. The lowest BCUT2D eigenvalue weighted by atomic mass is 10.1. The van der Waals surface area contributed by atoms with Crippen molar-refractivity contribution in [1.82, 2.24) is 10.2 Å². The SMILES string of the molecule is Cc1cc(C)cc(N(C)Cc2nnc(N)s2)c1. The first-order valence-corrected chi connectivity index (χ1v) is 6.23. The van der Waals surface area contributed by atoms with Crippen LogP contribution in [0.2, 0.25) is 0 Å². The molecule has 17 heavy (non-hydrogen) atoms. The molecule has 0 aliphatic heterocycles. The Morgan fingerprint density at radius 1 is 1.18 bits per heavy atom. The van der Waals surface area contributed by atoms with Gasteiger partial charge in [-0.15, -0.1) is 10.2 Å². The van der Waals surface area contributed by atoms with E-state index in [0.717, 1.165) is 11.6 Å². The molecule has 0 fully saturated rings. The number of nitrogen functional groups attached to an aromatic ring is 1. The van der Waals surface area contributed by atoms with Crippen molar-refractivity contribution in [3.8, 4) is 0 Å². The van der Waals surface area contributed by atoms with E-state index in [9.17, 15) is 0 Å². The van der Waals surface area contributed by atoms with E-state index in [1.807, 2.05) is 7.05 Å². The monoisotopic (exact) mass is 248 g/mol.